The summed E-state index contributed by atoms with van der Waals surface area (Å²) in [5, 5.41) is 15.4. The van der Waals surface area contributed by atoms with Crippen LogP contribution in [0.1, 0.15) is 33.1 Å². The normalized spacial score (nSPS) is 15.1. The predicted octanol–water partition coefficient (Wildman–Crippen LogP) is 1.44. The van der Waals surface area contributed by atoms with E-state index in [0.29, 0.717) is 13.0 Å². The van der Waals surface area contributed by atoms with Crippen LogP contribution in [0, 0.1) is 23.2 Å². The predicted molar refractivity (Wildman–Crippen MR) is 89.1 cm³/mol. The molecule has 0 heterocycles. The van der Waals surface area contributed by atoms with E-state index in [1.54, 1.807) is 0 Å². The number of nitrogens with zero attached hydrogens (tertiary/aromatic N) is 1. The Morgan fingerprint density at radius 3 is 2.38 bits per heavy atom. The van der Waals surface area contributed by atoms with E-state index in [1.807, 2.05) is 14.0 Å². The molecule has 5 heteroatoms. The lowest BCUT2D eigenvalue weighted by molar-refractivity contribution is 0.340. The van der Waals surface area contributed by atoms with Crippen LogP contribution in [-0.4, -0.2) is 25.8 Å². The zero-order valence-corrected chi connectivity index (χ0v) is 13.7. The first-order chi connectivity index (χ1) is 9.88. The first kappa shape index (κ1) is 19.7. The van der Waals surface area contributed by atoms with E-state index in [4.69, 9.17) is 16.7 Å². The maximum Gasteiger partial charge on any atom is 0.0628 e. The van der Waals surface area contributed by atoms with Crippen LogP contribution in [0.2, 0.25) is 0 Å². The van der Waals surface area contributed by atoms with Crippen LogP contribution >= 0.6 is 0 Å². The minimum atomic E-state index is -0.485. The first-order valence-corrected chi connectivity index (χ1v) is 7.54. The van der Waals surface area contributed by atoms with Gasteiger partial charge in [-0.15, -0.1) is 0 Å². The molecular formula is C16H31N5. The van der Waals surface area contributed by atoms with E-state index in [0.717, 1.165) is 24.1 Å². The molecule has 0 aromatic rings. The molecule has 0 fully saturated rings. The zero-order valence-electron chi connectivity index (χ0n) is 13.7. The van der Waals surface area contributed by atoms with E-state index in [9.17, 15) is 0 Å². The average Bonchev–Trinajstić information content (AvgIpc) is 2.43. The Balaban J connectivity index is 4.66. The average molecular weight is 293 g/mol. The summed E-state index contributed by atoms with van der Waals surface area (Å²) in [5.41, 5.74) is 13.6. The van der Waals surface area contributed by atoms with Gasteiger partial charge in [0.05, 0.1) is 12.2 Å². The van der Waals surface area contributed by atoms with Crippen molar-refractivity contribution in [2.75, 3.05) is 13.6 Å². The molecule has 3 unspecified atom stereocenters. The third-order valence-corrected chi connectivity index (χ3v) is 3.85. The Kier molecular flexibility index (Phi) is 9.72. The van der Waals surface area contributed by atoms with Crippen molar-refractivity contribution < 1.29 is 0 Å². The fourth-order valence-electron chi connectivity index (χ4n) is 2.49. The van der Waals surface area contributed by atoms with Crippen LogP contribution in [0.5, 0.6) is 0 Å². The van der Waals surface area contributed by atoms with Gasteiger partial charge in [-0.3, -0.25) is 0 Å². The Labute approximate surface area is 129 Å². The number of rotatable bonds is 11. The molecule has 6 N–H and O–H groups in total. The van der Waals surface area contributed by atoms with E-state index < -0.39 is 6.17 Å². The molecule has 21 heavy (non-hydrogen) atoms. The fraction of sp³-hybridized carbons (Fsp3) is 0.688. The second-order valence-corrected chi connectivity index (χ2v) is 5.54. The summed E-state index contributed by atoms with van der Waals surface area (Å²) >= 11 is 0. The molecule has 0 saturated carbocycles. The minimum absolute atomic E-state index is 0.0700. The maximum atomic E-state index is 8.96. The molecule has 0 aliphatic carbocycles. The topological polar surface area (TPSA) is 99.9 Å². The molecule has 0 aliphatic heterocycles. The van der Waals surface area contributed by atoms with Gasteiger partial charge in [0.1, 0.15) is 0 Å². The maximum absolute atomic E-state index is 8.96. The molecule has 0 spiro atoms. The smallest absolute Gasteiger partial charge is 0.0628 e. The van der Waals surface area contributed by atoms with Crippen molar-refractivity contribution in [3.63, 3.8) is 0 Å². The van der Waals surface area contributed by atoms with Gasteiger partial charge in [-0.25, -0.2) is 0 Å². The third kappa shape index (κ3) is 6.76. The van der Waals surface area contributed by atoms with Gasteiger partial charge in [0, 0.05) is 43.6 Å². The lowest BCUT2D eigenvalue weighted by atomic mass is 9.91. The van der Waals surface area contributed by atoms with Gasteiger partial charge in [0.25, 0.3) is 0 Å². The highest BCUT2D eigenvalue weighted by Gasteiger charge is 2.25. The number of nitrogens with one attached hydrogen (secondary N) is 2. The molecule has 0 saturated heterocycles. The van der Waals surface area contributed by atoms with Crippen LogP contribution in [0.3, 0.4) is 0 Å². The lowest BCUT2D eigenvalue weighted by Gasteiger charge is -2.31. The van der Waals surface area contributed by atoms with Gasteiger partial charge in [-0.1, -0.05) is 32.1 Å². The van der Waals surface area contributed by atoms with Crippen LogP contribution in [0.15, 0.2) is 24.4 Å². The van der Waals surface area contributed by atoms with Gasteiger partial charge in [-0.2, -0.15) is 5.26 Å². The van der Waals surface area contributed by atoms with E-state index in [2.05, 4.69) is 36.8 Å². The quantitative estimate of drug-likeness (QED) is 0.341. The highest BCUT2D eigenvalue weighted by atomic mass is 15.0. The monoisotopic (exact) mass is 293 g/mol. The number of hydrogen-bond acceptors (Lipinski definition) is 5. The standard InChI is InChI=1S/C16H31N5/c1-6-7-11(2)14(8-9-17)10-21-13(4)15(16(18)19)12(3)20-5/h13-16,20-21H,2-3,6-8,10,18-19H2,1,4-5H3. The van der Waals surface area contributed by atoms with Crippen molar-refractivity contribution in [3.8, 4) is 6.07 Å². The molecule has 0 amide bonds. The summed E-state index contributed by atoms with van der Waals surface area (Å²) < 4.78 is 0. The van der Waals surface area contributed by atoms with Crippen LogP contribution in [0.4, 0.5) is 0 Å². The van der Waals surface area contributed by atoms with Gasteiger partial charge in [0.2, 0.25) is 0 Å². The Hall–Kier alpha value is -1.35. The van der Waals surface area contributed by atoms with Crippen molar-refractivity contribution in [2.45, 2.75) is 45.3 Å². The van der Waals surface area contributed by atoms with Crippen LogP contribution in [-0.2, 0) is 0 Å². The molecule has 0 bridgehead atoms. The molecule has 0 rings (SSSR count). The molecule has 0 radical (unpaired) electrons. The highest BCUT2D eigenvalue weighted by Crippen LogP contribution is 2.19. The van der Waals surface area contributed by atoms with Crippen LogP contribution in [0.25, 0.3) is 0 Å². The summed E-state index contributed by atoms with van der Waals surface area (Å²) in [6.45, 7) is 12.9. The summed E-state index contributed by atoms with van der Waals surface area (Å²) in [7, 11) is 1.81. The van der Waals surface area contributed by atoms with Crippen molar-refractivity contribution in [2.24, 2.45) is 23.3 Å². The van der Waals surface area contributed by atoms with Crippen molar-refractivity contribution in [1.82, 2.24) is 10.6 Å². The Morgan fingerprint density at radius 2 is 1.95 bits per heavy atom. The second kappa shape index (κ2) is 10.4. The molecule has 5 nitrogen and oxygen atoms in total. The Morgan fingerprint density at radius 1 is 1.33 bits per heavy atom. The van der Waals surface area contributed by atoms with E-state index in [-0.39, 0.29) is 17.9 Å². The van der Waals surface area contributed by atoms with Crippen LogP contribution < -0.4 is 22.1 Å². The number of hydrogen-bond donors (Lipinski definition) is 4. The first-order valence-electron chi connectivity index (χ1n) is 7.54. The molecule has 0 aromatic heterocycles. The molecule has 120 valence electrons. The van der Waals surface area contributed by atoms with Crippen molar-refractivity contribution >= 4 is 0 Å². The highest BCUT2D eigenvalue weighted by molar-refractivity contribution is 5.07. The SMILES string of the molecule is C=C(CCC)C(CC#N)CNC(C)C(C(=C)NC)C(N)N. The molecule has 3 atom stereocenters. The van der Waals surface area contributed by atoms with Gasteiger partial charge in [0.15, 0.2) is 0 Å². The lowest BCUT2D eigenvalue weighted by Crippen LogP contribution is -2.51. The van der Waals surface area contributed by atoms with Gasteiger partial charge < -0.3 is 22.1 Å². The van der Waals surface area contributed by atoms with Crippen molar-refractivity contribution in [3.05, 3.63) is 24.4 Å². The molecular weight excluding hydrogens is 262 g/mol. The zero-order chi connectivity index (χ0) is 16.4. The van der Waals surface area contributed by atoms with E-state index >= 15 is 0 Å². The number of nitriles is 1. The largest absolute Gasteiger partial charge is 0.392 e. The molecule has 0 aromatic carbocycles. The summed E-state index contributed by atoms with van der Waals surface area (Å²) in [6, 6.07) is 2.31. The third-order valence-electron chi connectivity index (χ3n) is 3.85. The second-order valence-electron chi connectivity index (χ2n) is 5.54. The van der Waals surface area contributed by atoms with Crippen molar-refractivity contribution in [1.29, 1.82) is 5.26 Å². The van der Waals surface area contributed by atoms with Gasteiger partial charge >= 0.3 is 0 Å². The Bertz CT molecular complexity index is 369. The summed E-state index contributed by atoms with van der Waals surface area (Å²) in [5.74, 6) is 0.0899. The van der Waals surface area contributed by atoms with E-state index in [1.165, 1.54) is 0 Å². The summed E-state index contributed by atoms with van der Waals surface area (Å²) in [6.07, 6.45) is 1.99. The molecule has 0 aliphatic rings. The minimum Gasteiger partial charge on any atom is -0.392 e. The van der Waals surface area contributed by atoms with Gasteiger partial charge in [-0.05, 0) is 13.3 Å². The fourth-order valence-corrected chi connectivity index (χ4v) is 2.49. The summed E-state index contributed by atoms with van der Waals surface area (Å²) in [4.78, 5) is 0. The number of nitrogens with two attached hydrogens (primary N) is 2.